The van der Waals surface area contributed by atoms with Crippen LogP contribution >= 0.6 is 0 Å². The molecule has 0 aromatic rings. The summed E-state index contributed by atoms with van der Waals surface area (Å²) in [5.74, 6) is 0. The molecule has 0 bridgehead atoms. The van der Waals surface area contributed by atoms with Gasteiger partial charge in [0, 0.05) is 21.1 Å². The van der Waals surface area contributed by atoms with E-state index in [0.29, 0.717) is 0 Å². The first kappa shape index (κ1) is 29.3. The average Bonchev–Trinajstić information content (AvgIpc) is 2.20. The number of carbonyl (C=O) groups is 1. The Morgan fingerprint density at radius 3 is 1.31 bits per heavy atom. The Hall–Kier alpha value is -1.36. The smallest absolute Gasteiger partial charge is 0.169 e. The van der Waals surface area contributed by atoms with Crippen LogP contribution in [0.15, 0.2) is 10.7 Å². The molecule has 0 radical (unpaired) electrons. The van der Waals surface area contributed by atoms with Crippen molar-refractivity contribution >= 4 is 6.03 Å². The minimum atomic E-state index is -1.19. The van der Waals surface area contributed by atoms with Crippen LogP contribution in [-0.4, -0.2) is 24.3 Å². The van der Waals surface area contributed by atoms with Gasteiger partial charge in [0.2, 0.25) is 0 Å². The van der Waals surface area contributed by atoms with E-state index in [9.17, 15) is 0 Å². The summed E-state index contributed by atoms with van der Waals surface area (Å²) in [6.45, 7) is 0.472. The molecule has 0 rings (SSSR count). The Bertz CT molecular complexity index is 129. The summed E-state index contributed by atoms with van der Waals surface area (Å²) < 4.78 is 0. The fourth-order valence-corrected chi connectivity index (χ4v) is 0. The van der Waals surface area contributed by atoms with Gasteiger partial charge in [0.15, 0.2) is 6.03 Å². The molecule has 13 heteroatoms. The van der Waals surface area contributed by atoms with E-state index in [1.807, 2.05) is 0 Å². The number of hydroxylamine groups is 1. The van der Waals surface area contributed by atoms with Gasteiger partial charge in [-0.1, -0.05) is 0 Å². The van der Waals surface area contributed by atoms with E-state index in [1.165, 1.54) is 0 Å². The third-order valence-corrected chi connectivity index (χ3v) is 0.227. The average molecular weight is 420 g/mol. The zero-order valence-electron chi connectivity index (χ0n) is 7.61. The Balaban J connectivity index is -0.0000000338. The molecule has 0 aromatic carbocycles. The van der Waals surface area contributed by atoms with Crippen LogP contribution in [-0.2, 0) is 21.1 Å². The second-order valence-corrected chi connectivity index (χ2v) is 1.09. The van der Waals surface area contributed by atoms with E-state index < -0.39 is 6.03 Å². The first-order chi connectivity index (χ1) is 7.01. The maximum atomic E-state index is 9.12. The second-order valence-electron chi connectivity index (χ2n) is 1.09. The monoisotopic (exact) mass is 420 g/mol. The Morgan fingerprint density at radius 2 is 1.31 bits per heavy atom. The van der Waals surface area contributed by atoms with Crippen LogP contribution in [0.3, 0.4) is 0 Å². The van der Waals surface area contributed by atoms with Gasteiger partial charge in [-0.2, -0.15) is 13.1 Å². The standard InChI is InChI=1S/C2H6N2.CH4N2O2.2HNO2.Pt/c3-1-2-4;2-1(4)3-5;2*2-1-3;/h3-4H,1-2H2;(H4,2,3,4,5);2*(H,2,3);/q-2;;;;/p-3. The van der Waals surface area contributed by atoms with Crippen molar-refractivity contribution in [2.75, 3.05) is 13.1 Å². The van der Waals surface area contributed by atoms with Gasteiger partial charge in [0.1, 0.15) is 0 Å². The number of nitrogens with zero attached hydrogens (tertiary/aromatic N) is 2. The van der Waals surface area contributed by atoms with Crippen LogP contribution in [0.25, 0.3) is 17.2 Å². The minimum Gasteiger partial charge on any atom is -0.679 e. The molecule has 0 aliphatic rings. The predicted octanol–water partition coefficient (Wildman–Crippen LogP) is 1.73. The summed E-state index contributed by atoms with van der Waals surface area (Å²) in [6, 6.07) is -1.19. The topological polar surface area (TPSA) is 226 Å². The van der Waals surface area contributed by atoms with Crippen LogP contribution in [0.2, 0.25) is 0 Å². The first-order valence-corrected chi connectivity index (χ1v) is 2.87. The molecule has 0 unspecified atom stereocenters. The molecule has 0 fully saturated rings. The molecular formula is C3H9N6O6Pt-5. The van der Waals surface area contributed by atoms with E-state index in [2.05, 4.69) is 0 Å². The van der Waals surface area contributed by atoms with Crippen molar-refractivity contribution in [2.24, 2.45) is 10.7 Å². The van der Waals surface area contributed by atoms with Crippen molar-refractivity contribution in [2.45, 2.75) is 0 Å². The van der Waals surface area contributed by atoms with Gasteiger partial charge in [0.25, 0.3) is 0 Å². The van der Waals surface area contributed by atoms with Gasteiger partial charge in [-0.15, -0.1) is 10.7 Å². The van der Waals surface area contributed by atoms with Crippen LogP contribution in [0.1, 0.15) is 0 Å². The number of nitrogens with one attached hydrogen (secondary N) is 4. The van der Waals surface area contributed by atoms with Gasteiger partial charge in [-0.25, -0.2) is 0 Å². The maximum absolute atomic E-state index is 9.12. The molecule has 0 heterocycles. The van der Waals surface area contributed by atoms with E-state index in [1.54, 1.807) is 0 Å². The van der Waals surface area contributed by atoms with Crippen LogP contribution in [0.5, 0.6) is 0 Å². The molecule has 12 nitrogen and oxygen atoms in total. The molecule has 0 atom stereocenters. The molecule has 16 heavy (non-hydrogen) atoms. The molecule has 5 N–H and O–H groups in total. The number of hydrogen-bond donors (Lipinski definition) is 2. The van der Waals surface area contributed by atoms with Gasteiger partial charge >= 0.3 is 0 Å². The number of rotatable bonds is 1. The second kappa shape index (κ2) is 49.4. The Kier molecular flexibility index (Phi) is 90.6. The quantitative estimate of drug-likeness (QED) is 0.364. The summed E-state index contributed by atoms with van der Waals surface area (Å²) in [4.78, 5) is 25.1. The van der Waals surface area contributed by atoms with E-state index in [0.717, 1.165) is 16.2 Å². The van der Waals surface area contributed by atoms with E-state index in [-0.39, 0.29) is 34.2 Å². The van der Waals surface area contributed by atoms with Crippen LogP contribution in [0.4, 0.5) is 4.79 Å². The molecular weight excluding hydrogens is 411 g/mol. The van der Waals surface area contributed by atoms with Crippen molar-refractivity contribution < 1.29 is 31.1 Å². The molecule has 0 saturated carbocycles. The minimum absolute atomic E-state index is 0. The maximum Gasteiger partial charge on any atom is 0.169 e. The van der Waals surface area contributed by atoms with E-state index >= 15 is 0 Å². The van der Waals surface area contributed by atoms with Crippen molar-refractivity contribution in [3.8, 4) is 0 Å². The number of hydrogen-bond acceptors (Lipinski definition) is 8. The molecule has 0 aromatic heterocycles. The predicted molar refractivity (Wildman–Crippen MR) is 51.3 cm³/mol. The van der Waals surface area contributed by atoms with Gasteiger partial charge < -0.3 is 48.1 Å². The van der Waals surface area contributed by atoms with E-state index in [4.69, 9.17) is 47.4 Å². The van der Waals surface area contributed by atoms with Crippen LogP contribution in [0, 0.1) is 20.2 Å². The zero-order valence-corrected chi connectivity index (χ0v) is 9.89. The van der Waals surface area contributed by atoms with Crippen molar-refractivity contribution in [3.05, 3.63) is 37.4 Å². The summed E-state index contributed by atoms with van der Waals surface area (Å²) in [5.41, 5.74) is 19.4. The molecule has 0 aliphatic carbocycles. The van der Waals surface area contributed by atoms with Gasteiger partial charge in [-0.05, 0) is 0 Å². The largest absolute Gasteiger partial charge is 0.679 e. The van der Waals surface area contributed by atoms with Gasteiger partial charge in [0.05, 0.1) is 0 Å². The fourth-order valence-electron chi connectivity index (χ4n) is 0. The molecule has 0 saturated heterocycles. The number of amides is 2. The van der Waals surface area contributed by atoms with Crippen molar-refractivity contribution in [1.82, 2.24) is 5.48 Å². The summed E-state index contributed by atoms with van der Waals surface area (Å²) in [7, 11) is 0. The normalized spacial score (nSPS) is 5.44. The summed E-state index contributed by atoms with van der Waals surface area (Å²) in [5, 5.41) is 25.4. The van der Waals surface area contributed by atoms with Gasteiger partial charge in [-0.3, -0.25) is 4.79 Å². The van der Waals surface area contributed by atoms with Crippen molar-refractivity contribution in [1.29, 1.82) is 0 Å². The molecule has 2 amide bonds. The van der Waals surface area contributed by atoms with Crippen LogP contribution < -0.4 is 5.48 Å². The summed E-state index contributed by atoms with van der Waals surface area (Å²) in [6.07, 6.45) is 0. The molecule has 0 spiro atoms. The molecule has 102 valence electrons. The first-order valence-electron chi connectivity index (χ1n) is 2.87. The number of urea groups is 1. The fraction of sp³-hybridized carbons (Fsp3) is 0.667. The Morgan fingerprint density at radius 1 is 1.19 bits per heavy atom. The van der Waals surface area contributed by atoms with Crippen molar-refractivity contribution in [3.63, 3.8) is 0 Å². The third-order valence-electron chi connectivity index (χ3n) is 0.227. The SMILES string of the molecule is O=N[O-].O=N[O-].[NH-]C(=O)NO.[NH-]CC[NH-].[Pt]. The zero-order chi connectivity index (χ0) is 13.1. The Labute approximate surface area is 104 Å². The summed E-state index contributed by atoms with van der Waals surface area (Å²) >= 11 is 0. The third kappa shape index (κ3) is 638. The number of carbonyl (C=O) groups excluding carboxylic acids is 1. The molecule has 0 aliphatic heterocycles.